The molecule has 1 atom stereocenters. The first kappa shape index (κ1) is 16.8. The fraction of sp³-hybridized carbons (Fsp3) is 0.500. The Kier molecular flexibility index (Phi) is 12.1. The predicted molar refractivity (Wildman–Crippen MR) is 62.9 cm³/mol. The molecule has 92 valence electrons. The highest BCUT2D eigenvalue weighted by molar-refractivity contribution is 5.82. The Morgan fingerprint density at radius 2 is 1.62 bits per heavy atom. The Labute approximate surface area is 96.9 Å². The predicted octanol–water partition coefficient (Wildman–Crippen LogP) is 2.25. The van der Waals surface area contributed by atoms with E-state index in [2.05, 4.69) is 31.7 Å². The summed E-state index contributed by atoms with van der Waals surface area (Å²) in [5.74, 6) is -1.08. The number of hydrogen-bond donors (Lipinski definition) is 0. The summed E-state index contributed by atoms with van der Waals surface area (Å²) in [5.41, 5.74) is 0. The van der Waals surface area contributed by atoms with Crippen LogP contribution in [0.4, 0.5) is 0 Å². The molecule has 4 heteroatoms. The normalized spacial score (nSPS) is 10.2. The topological polar surface area (TPSA) is 52.6 Å². The lowest BCUT2D eigenvalue weighted by atomic mass is 10.4. The van der Waals surface area contributed by atoms with Crippen LogP contribution in [0.5, 0.6) is 0 Å². The highest BCUT2D eigenvalue weighted by Gasteiger charge is 2.07. The van der Waals surface area contributed by atoms with Crippen LogP contribution in [0.1, 0.15) is 27.2 Å². The number of carbonyl (C=O) groups is 2. The van der Waals surface area contributed by atoms with E-state index in [1.54, 1.807) is 6.92 Å². The van der Waals surface area contributed by atoms with Crippen LogP contribution in [0.3, 0.4) is 0 Å². The third kappa shape index (κ3) is 12.4. The van der Waals surface area contributed by atoms with Gasteiger partial charge in [0.1, 0.15) is 12.7 Å². The van der Waals surface area contributed by atoms with Gasteiger partial charge in [0.2, 0.25) is 0 Å². The first-order valence-electron chi connectivity index (χ1n) is 5.13. The SMILES string of the molecule is C=CC(=O)OCC(C)OC(=O)C=C.CCC. The van der Waals surface area contributed by atoms with Crippen LogP contribution in [-0.2, 0) is 19.1 Å². The van der Waals surface area contributed by atoms with Gasteiger partial charge >= 0.3 is 11.9 Å². The maximum atomic E-state index is 10.6. The fourth-order valence-electron chi connectivity index (χ4n) is 0.539. The molecule has 0 heterocycles. The van der Waals surface area contributed by atoms with Crippen LogP contribution < -0.4 is 0 Å². The average Bonchev–Trinajstić information content (AvgIpc) is 2.26. The van der Waals surface area contributed by atoms with Gasteiger partial charge in [-0.1, -0.05) is 33.4 Å². The number of esters is 2. The number of carbonyl (C=O) groups excluding carboxylic acids is 2. The maximum absolute atomic E-state index is 10.6. The summed E-state index contributed by atoms with van der Waals surface area (Å²) in [7, 11) is 0. The average molecular weight is 228 g/mol. The van der Waals surface area contributed by atoms with Crippen LogP contribution in [0.2, 0.25) is 0 Å². The zero-order valence-corrected chi connectivity index (χ0v) is 10.2. The Bertz CT molecular complexity index is 233. The Morgan fingerprint density at radius 3 is 2.00 bits per heavy atom. The third-order valence-electron chi connectivity index (χ3n) is 1.11. The molecule has 1 unspecified atom stereocenters. The van der Waals surface area contributed by atoms with Crippen molar-refractivity contribution in [2.75, 3.05) is 6.61 Å². The lowest BCUT2D eigenvalue weighted by molar-refractivity contribution is -0.151. The molecule has 0 aromatic heterocycles. The Morgan fingerprint density at radius 1 is 1.19 bits per heavy atom. The van der Waals surface area contributed by atoms with Crippen LogP contribution in [0, 0.1) is 0 Å². The second-order valence-electron chi connectivity index (χ2n) is 2.99. The summed E-state index contributed by atoms with van der Waals surface area (Å²) < 4.78 is 9.36. The molecular weight excluding hydrogens is 208 g/mol. The summed E-state index contributed by atoms with van der Waals surface area (Å²) in [6, 6.07) is 0. The Hall–Kier alpha value is -1.58. The van der Waals surface area contributed by atoms with Crippen LogP contribution in [-0.4, -0.2) is 24.6 Å². The van der Waals surface area contributed by atoms with Gasteiger partial charge in [0.15, 0.2) is 0 Å². The smallest absolute Gasteiger partial charge is 0.330 e. The minimum atomic E-state index is -0.540. The maximum Gasteiger partial charge on any atom is 0.330 e. The van der Waals surface area contributed by atoms with E-state index in [1.807, 2.05) is 0 Å². The van der Waals surface area contributed by atoms with Gasteiger partial charge in [-0.25, -0.2) is 9.59 Å². The van der Waals surface area contributed by atoms with Gasteiger partial charge in [-0.15, -0.1) is 0 Å². The van der Waals surface area contributed by atoms with Gasteiger partial charge in [0.05, 0.1) is 0 Å². The molecule has 0 saturated carbocycles. The van der Waals surface area contributed by atoms with E-state index in [0.29, 0.717) is 0 Å². The van der Waals surface area contributed by atoms with E-state index in [1.165, 1.54) is 6.42 Å². The van der Waals surface area contributed by atoms with Crippen molar-refractivity contribution in [3.8, 4) is 0 Å². The second-order valence-corrected chi connectivity index (χ2v) is 2.99. The van der Waals surface area contributed by atoms with Crippen molar-refractivity contribution in [2.24, 2.45) is 0 Å². The Balaban J connectivity index is 0. The van der Waals surface area contributed by atoms with Crippen LogP contribution in [0.15, 0.2) is 25.3 Å². The number of hydrogen-bond acceptors (Lipinski definition) is 4. The fourth-order valence-corrected chi connectivity index (χ4v) is 0.539. The summed E-state index contributed by atoms with van der Waals surface area (Å²) in [4.78, 5) is 21.2. The van der Waals surface area contributed by atoms with Gasteiger partial charge in [-0.2, -0.15) is 0 Å². The zero-order valence-electron chi connectivity index (χ0n) is 10.2. The molecule has 0 aliphatic carbocycles. The largest absolute Gasteiger partial charge is 0.459 e. The van der Waals surface area contributed by atoms with Crippen molar-refractivity contribution in [3.05, 3.63) is 25.3 Å². The minimum absolute atomic E-state index is 0.0183. The lowest BCUT2D eigenvalue weighted by Crippen LogP contribution is -2.20. The second kappa shape index (κ2) is 11.5. The van der Waals surface area contributed by atoms with Crippen molar-refractivity contribution < 1.29 is 19.1 Å². The van der Waals surface area contributed by atoms with E-state index in [9.17, 15) is 9.59 Å². The van der Waals surface area contributed by atoms with Crippen LogP contribution in [0.25, 0.3) is 0 Å². The van der Waals surface area contributed by atoms with Gasteiger partial charge in [-0.05, 0) is 6.92 Å². The van der Waals surface area contributed by atoms with Crippen LogP contribution >= 0.6 is 0 Å². The monoisotopic (exact) mass is 228 g/mol. The summed E-state index contributed by atoms with van der Waals surface area (Å²) >= 11 is 0. The summed E-state index contributed by atoms with van der Waals surface area (Å²) in [6.45, 7) is 12.3. The van der Waals surface area contributed by atoms with Gasteiger partial charge < -0.3 is 9.47 Å². The lowest BCUT2D eigenvalue weighted by Gasteiger charge is -2.10. The molecule has 0 amide bonds. The molecule has 0 aliphatic rings. The zero-order chi connectivity index (χ0) is 13.0. The van der Waals surface area contributed by atoms with E-state index < -0.39 is 18.0 Å². The van der Waals surface area contributed by atoms with E-state index in [-0.39, 0.29) is 6.61 Å². The molecule has 0 saturated heterocycles. The van der Waals surface area contributed by atoms with E-state index >= 15 is 0 Å². The van der Waals surface area contributed by atoms with Crippen molar-refractivity contribution in [2.45, 2.75) is 33.3 Å². The van der Waals surface area contributed by atoms with Gasteiger partial charge in [0.25, 0.3) is 0 Å². The molecule has 4 nitrogen and oxygen atoms in total. The summed E-state index contributed by atoms with van der Waals surface area (Å²) in [6.07, 6.45) is 2.86. The molecule has 0 aromatic rings. The highest BCUT2D eigenvalue weighted by atomic mass is 16.6. The van der Waals surface area contributed by atoms with E-state index in [4.69, 9.17) is 4.74 Å². The van der Waals surface area contributed by atoms with Gasteiger partial charge in [0, 0.05) is 12.2 Å². The molecule has 0 aliphatic heterocycles. The molecule has 16 heavy (non-hydrogen) atoms. The van der Waals surface area contributed by atoms with Crippen molar-refractivity contribution >= 4 is 11.9 Å². The molecule has 0 rings (SSSR count). The first-order valence-corrected chi connectivity index (χ1v) is 5.13. The van der Waals surface area contributed by atoms with Crippen molar-refractivity contribution in [1.29, 1.82) is 0 Å². The minimum Gasteiger partial charge on any atom is -0.459 e. The van der Waals surface area contributed by atoms with Crippen molar-refractivity contribution in [1.82, 2.24) is 0 Å². The summed E-state index contributed by atoms with van der Waals surface area (Å²) in [5, 5.41) is 0. The number of ether oxygens (including phenoxy) is 2. The molecule has 0 N–H and O–H groups in total. The molecule has 0 spiro atoms. The molecule has 0 aromatic carbocycles. The first-order chi connectivity index (χ1) is 7.51. The highest BCUT2D eigenvalue weighted by Crippen LogP contribution is 1.94. The molecule has 0 fully saturated rings. The quantitative estimate of drug-likeness (QED) is 0.535. The van der Waals surface area contributed by atoms with Gasteiger partial charge in [-0.3, -0.25) is 0 Å². The molecule has 0 bridgehead atoms. The van der Waals surface area contributed by atoms with E-state index in [0.717, 1.165) is 12.2 Å². The molecule has 0 radical (unpaired) electrons. The standard InChI is InChI=1S/C9H12O4.C3H8/c1-4-8(10)12-6-7(3)13-9(11)5-2;1-3-2/h4-5,7H,1-2,6H2,3H3;3H2,1-2H3. The number of rotatable bonds is 5. The molecular formula is C12H20O4. The third-order valence-corrected chi connectivity index (χ3v) is 1.11. The van der Waals surface area contributed by atoms with Crippen molar-refractivity contribution in [3.63, 3.8) is 0 Å².